The van der Waals surface area contributed by atoms with Gasteiger partial charge < -0.3 is 26.6 Å². The molecule has 0 aromatic rings. The molecule has 0 saturated carbocycles. The second-order valence-corrected chi connectivity index (χ2v) is 6.78. The highest BCUT2D eigenvalue weighted by molar-refractivity contribution is 5.82. The number of carbonyl (C=O) groups excluding carboxylic acids is 2. The Morgan fingerprint density at radius 1 is 0.821 bits per heavy atom. The average molecular weight is 403 g/mol. The van der Waals surface area contributed by atoms with Crippen molar-refractivity contribution in [3.8, 4) is 0 Å². The molecule has 11 heteroatoms. The summed E-state index contributed by atoms with van der Waals surface area (Å²) in [5, 5.41) is 23.4. The van der Waals surface area contributed by atoms with Crippen molar-refractivity contribution < 1.29 is 29.4 Å². The van der Waals surface area contributed by atoms with Gasteiger partial charge in [0.1, 0.15) is 5.78 Å². The van der Waals surface area contributed by atoms with Crippen LogP contribution in [0, 0.1) is 5.92 Å². The Hall–Kier alpha value is -2.08. The van der Waals surface area contributed by atoms with E-state index in [2.05, 4.69) is 10.6 Å². The molecule has 0 rings (SSSR count). The van der Waals surface area contributed by atoms with Crippen LogP contribution in [0.15, 0.2) is 0 Å². The third-order valence-electron chi connectivity index (χ3n) is 3.90. The first kappa shape index (κ1) is 25.9. The standard InChI is InChI=1S/C17H33N5O6/c1-13(2)14(23)9-19-3-5-21(11-15(18)24)7-8-22(12-17(27)28)6-4-20-10-16(25)26/h13,19-20H,3-12H2,1-2H3,(H2,18,24)(H,25,26)(H,27,28). The van der Waals surface area contributed by atoms with Crippen molar-refractivity contribution in [2.24, 2.45) is 11.7 Å². The molecule has 0 aliphatic rings. The Labute approximate surface area is 165 Å². The van der Waals surface area contributed by atoms with E-state index < -0.39 is 17.8 Å². The maximum Gasteiger partial charge on any atom is 0.317 e. The minimum atomic E-state index is -0.992. The molecule has 0 unspecified atom stereocenters. The Morgan fingerprint density at radius 2 is 1.32 bits per heavy atom. The number of hydrogen-bond acceptors (Lipinski definition) is 8. The summed E-state index contributed by atoms with van der Waals surface area (Å²) in [5.41, 5.74) is 5.27. The lowest BCUT2D eigenvalue weighted by molar-refractivity contribution is -0.139. The molecule has 6 N–H and O–H groups in total. The SMILES string of the molecule is CC(C)C(=O)CNCCN(CCN(CCNCC(=O)O)CC(=O)O)CC(N)=O. The van der Waals surface area contributed by atoms with Crippen molar-refractivity contribution in [3.05, 3.63) is 0 Å². The molecule has 0 bridgehead atoms. The van der Waals surface area contributed by atoms with E-state index in [4.69, 9.17) is 15.9 Å². The molecule has 0 aromatic heterocycles. The molecule has 11 nitrogen and oxygen atoms in total. The number of primary amides is 1. The molecule has 0 aromatic carbocycles. The summed E-state index contributed by atoms with van der Waals surface area (Å²) in [6.07, 6.45) is 0. The first-order valence-corrected chi connectivity index (χ1v) is 9.22. The van der Waals surface area contributed by atoms with Gasteiger partial charge in [0.25, 0.3) is 0 Å². The maximum absolute atomic E-state index is 11.6. The van der Waals surface area contributed by atoms with Gasteiger partial charge in [0.05, 0.1) is 26.2 Å². The van der Waals surface area contributed by atoms with Crippen LogP contribution in [0.2, 0.25) is 0 Å². The third-order valence-corrected chi connectivity index (χ3v) is 3.90. The summed E-state index contributed by atoms with van der Waals surface area (Å²) in [5.74, 6) is -2.42. The number of ketones is 1. The van der Waals surface area contributed by atoms with Crippen LogP contribution >= 0.6 is 0 Å². The molecular weight excluding hydrogens is 370 g/mol. The van der Waals surface area contributed by atoms with E-state index >= 15 is 0 Å². The van der Waals surface area contributed by atoms with E-state index in [1.54, 1.807) is 9.80 Å². The molecule has 1 amide bonds. The van der Waals surface area contributed by atoms with Gasteiger partial charge in [0.2, 0.25) is 5.91 Å². The number of hydrogen-bond donors (Lipinski definition) is 5. The number of carboxylic acid groups (broad SMARTS) is 2. The zero-order chi connectivity index (χ0) is 21.5. The molecule has 0 spiro atoms. The van der Waals surface area contributed by atoms with E-state index in [0.717, 1.165) is 0 Å². The van der Waals surface area contributed by atoms with Gasteiger partial charge in [-0.2, -0.15) is 0 Å². The number of nitrogens with zero attached hydrogens (tertiary/aromatic N) is 2. The van der Waals surface area contributed by atoms with Crippen LogP contribution in [-0.4, -0.2) is 109 Å². The number of carboxylic acids is 2. The van der Waals surface area contributed by atoms with Gasteiger partial charge in [-0.25, -0.2) is 0 Å². The minimum absolute atomic E-state index is 0.0258. The van der Waals surface area contributed by atoms with Gasteiger partial charge >= 0.3 is 11.9 Å². The summed E-state index contributed by atoms with van der Waals surface area (Å²) in [6.45, 7) is 5.97. The topological polar surface area (TPSA) is 165 Å². The number of nitrogens with two attached hydrogens (primary N) is 1. The predicted octanol–water partition coefficient (Wildman–Crippen LogP) is -2.35. The van der Waals surface area contributed by atoms with E-state index in [9.17, 15) is 19.2 Å². The zero-order valence-corrected chi connectivity index (χ0v) is 16.6. The lowest BCUT2D eigenvalue weighted by atomic mass is 10.1. The van der Waals surface area contributed by atoms with Gasteiger partial charge in [-0.05, 0) is 0 Å². The van der Waals surface area contributed by atoms with Crippen LogP contribution < -0.4 is 16.4 Å². The van der Waals surface area contributed by atoms with E-state index in [0.29, 0.717) is 39.3 Å². The normalized spacial score (nSPS) is 11.3. The number of carbonyl (C=O) groups is 4. The first-order chi connectivity index (χ1) is 13.1. The molecule has 0 radical (unpaired) electrons. The van der Waals surface area contributed by atoms with Crippen LogP contribution in [0.3, 0.4) is 0 Å². The van der Waals surface area contributed by atoms with Crippen LogP contribution in [0.5, 0.6) is 0 Å². The van der Waals surface area contributed by atoms with Crippen LogP contribution in [0.1, 0.15) is 13.8 Å². The first-order valence-electron chi connectivity index (χ1n) is 9.22. The molecule has 0 aliphatic heterocycles. The monoisotopic (exact) mass is 403 g/mol. The Morgan fingerprint density at radius 3 is 1.75 bits per heavy atom. The van der Waals surface area contributed by atoms with Gasteiger partial charge in [-0.3, -0.25) is 29.0 Å². The number of amides is 1. The van der Waals surface area contributed by atoms with E-state index in [-0.39, 0.29) is 37.9 Å². The van der Waals surface area contributed by atoms with Crippen molar-refractivity contribution in [1.29, 1.82) is 0 Å². The Bertz CT molecular complexity index is 514. The van der Waals surface area contributed by atoms with Crippen LogP contribution in [0.4, 0.5) is 0 Å². The van der Waals surface area contributed by atoms with Crippen molar-refractivity contribution >= 4 is 23.6 Å². The molecule has 0 atom stereocenters. The van der Waals surface area contributed by atoms with Gasteiger partial charge in [-0.15, -0.1) is 0 Å². The van der Waals surface area contributed by atoms with Crippen molar-refractivity contribution in [2.75, 3.05) is 65.4 Å². The lowest BCUT2D eigenvalue weighted by Gasteiger charge is -2.26. The van der Waals surface area contributed by atoms with E-state index in [1.807, 2.05) is 13.8 Å². The largest absolute Gasteiger partial charge is 0.480 e. The lowest BCUT2D eigenvalue weighted by Crippen LogP contribution is -2.45. The summed E-state index contributed by atoms with van der Waals surface area (Å²) in [4.78, 5) is 47.8. The molecule has 0 heterocycles. The number of Topliss-reactive ketones (excluding diaryl/α,β-unsaturated/α-hetero) is 1. The maximum atomic E-state index is 11.6. The molecule has 28 heavy (non-hydrogen) atoms. The number of aliphatic carboxylic acids is 2. The van der Waals surface area contributed by atoms with E-state index in [1.165, 1.54) is 0 Å². The highest BCUT2D eigenvalue weighted by Crippen LogP contribution is 1.94. The van der Waals surface area contributed by atoms with Crippen molar-refractivity contribution in [2.45, 2.75) is 13.8 Å². The van der Waals surface area contributed by atoms with Crippen LogP contribution in [0.25, 0.3) is 0 Å². The molecular formula is C17H33N5O6. The summed E-state index contributed by atoms with van der Waals surface area (Å²) in [7, 11) is 0. The average Bonchev–Trinajstić information content (AvgIpc) is 2.58. The smallest absolute Gasteiger partial charge is 0.317 e. The molecule has 162 valence electrons. The molecule has 0 saturated heterocycles. The fourth-order valence-electron chi connectivity index (χ4n) is 2.32. The van der Waals surface area contributed by atoms with Crippen molar-refractivity contribution in [1.82, 2.24) is 20.4 Å². The second-order valence-electron chi connectivity index (χ2n) is 6.78. The highest BCUT2D eigenvalue weighted by Gasteiger charge is 2.14. The summed E-state index contributed by atoms with van der Waals surface area (Å²) >= 11 is 0. The fourth-order valence-corrected chi connectivity index (χ4v) is 2.32. The Kier molecular flexibility index (Phi) is 13.8. The summed E-state index contributed by atoms with van der Waals surface area (Å²) in [6, 6.07) is 0. The Balaban J connectivity index is 4.45. The third kappa shape index (κ3) is 15.0. The summed E-state index contributed by atoms with van der Waals surface area (Å²) < 4.78 is 0. The second kappa shape index (κ2) is 14.9. The van der Waals surface area contributed by atoms with Crippen LogP contribution in [-0.2, 0) is 19.2 Å². The fraction of sp³-hybridized carbons (Fsp3) is 0.765. The quantitative estimate of drug-likeness (QED) is 0.156. The molecule has 0 fully saturated rings. The predicted molar refractivity (Wildman–Crippen MR) is 103 cm³/mol. The number of rotatable bonds is 18. The number of nitrogens with one attached hydrogen (secondary N) is 2. The van der Waals surface area contributed by atoms with Gasteiger partial charge in [0.15, 0.2) is 0 Å². The van der Waals surface area contributed by atoms with Crippen molar-refractivity contribution in [3.63, 3.8) is 0 Å². The molecule has 0 aliphatic carbocycles. The van der Waals surface area contributed by atoms with Gasteiger partial charge in [-0.1, -0.05) is 13.8 Å². The highest BCUT2D eigenvalue weighted by atomic mass is 16.4. The minimum Gasteiger partial charge on any atom is -0.480 e. The zero-order valence-electron chi connectivity index (χ0n) is 16.6. The van der Waals surface area contributed by atoms with Gasteiger partial charge in [0, 0.05) is 45.2 Å².